The Kier molecular flexibility index (Phi) is 5.71. The first kappa shape index (κ1) is 18.1. The summed E-state index contributed by atoms with van der Waals surface area (Å²) in [5.74, 6) is -1.40. The van der Waals surface area contributed by atoms with Crippen molar-refractivity contribution >= 4 is 6.29 Å². The summed E-state index contributed by atoms with van der Waals surface area (Å²) in [6.07, 6.45) is 0.918. The molecule has 24 heavy (non-hydrogen) atoms. The van der Waals surface area contributed by atoms with Gasteiger partial charge in [-0.2, -0.15) is 0 Å². The van der Waals surface area contributed by atoms with E-state index >= 15 is 0 Å². The zero-order valence-electron chi connectivity index (χ0n) is 14.0. The van der Waals surface area contributed by atoms with E-state index in [0.29, 0.717) is 17.2 Å². The van der Waals surface area contributed by atoms with Crippen molar-refractivity contribution in [1.29, 1.82) is 0 Å². The van der Waals surface area contributed by atoms with Crippen LogP contribution in [-0.4, -0.2) is 39.6 Å². The number of carbonyl (C=O) groups is 1. The first-order valence-corrected chi connectivity index (χ1v) is 7.64. The van der Waals surface area contributed by atoms with E-state index in [1.807, 2.05) is 13.8 Å². The Balaban J connectivity index is 2.17. The topological polar surface area (TPSA) is 96.0 Å². The van der Waals surface area contributed by atoms with Crippen molar-refractivity contribution in [2.45, 2.75) is 38.8 Å². The van der Waals surface area contributed by atoms with E-state index in [1.54, 1.807) is 37.4 Å². The fourth-order valence-corrected chi connectivity index (χ4v) is 2.17. The van der Waals surface area contributed by atoms with Crippen LogP contribution in [0.15, 0.2) is 34.9 Å². The molecule has 0 amide bonds. The molecule has 7 heteroatoms. The summed E-state index contributed by atoms with van der Waals surface area (Å²) in [6, 6.07) is 8.21. The third-order valence-corrected chi connectivity index (χ3v) is 3.78. The average Bonchev–Trinajstić information content (AvgIpc) is 3.00. The molecular formula is C17H22N2O5. The lowest BCUT2D eigenvalue weighted by molar-refractivity contribution is -0.276. The van der Waals surface area contributed by atoms with Gasteiger partial charge >= 0.3 is 0 Å². The van der Waals surface area contributed by atoms with Gasteiger partial charge in [0, 0.05) is 18.5 Å². The number of aromatic nitrogens is 1. The Hall–Kier alpha value is -2.22. The van der Waals surface area contributed by atoms with Crippen LogP contribution in [0.4, 0.5) is 0 Å². The monoisotopic (exact) mass is 334 g/mol. The molecule has 0 aliphatic carbocycles. The molecule has 0 radical (unpaired) electrons. The minimum atomic E-state index is -2.17. The summed E-state index contributed by atoms with van der Waals surface area (Å²) in [6.45, 7) is 3.77. The number of nitrogens with zero attached hydrogens (tertiary/aromatic N) is 2. The smallest absolute Gasteiger partial charge is 0.256 e. The maximum Gasteiger partial charge on any atom is 0.256 e. The fourth-order valence-electron chi connectivity index (χ4n) is 2.17. The van der Waals surface area contributed by atoms with Crippen molar-refractivity contribution in [1.82, 2.24) is 10.1 Å². The van der Waals surface area contributed by atoms with E-state index in [1.165, 1.54) is 4.90 Å². The van der Waals surface area contributed by atoms with Crippen LogP contribution in [0.1, 0.15) is 30.9 Å². The van der Waals surface area contributed by atoms with Gasteiger partial charge in [-0.3, -0.25) is 0 Å². The Morgan fingerprint density at radius 1 is 1.38 bits per heavy atom. The SMILES string of the molecule is CC(C)N(C)C(O)(O)c1ccccc1OCc1cc(CC=O)no1. The van der Waals surface area contributed by atoms with Crippen molar-refractivity contribution in [3.05, 3.63) is 47.3 Å². The number of rotatable bonds is 8. The number of hydrogen-bond acceptors (Lipinski definition) is 7. The second-order valence-electron chi connectivity index (χ2n) is 5.78. The zero-order chi connectivity index (χ0) is 17.7. The van der Waals surface area contributed by atoms with Gasteiger partial charge in [-0.25, -0.2) is 4.90 Å². The second-order valence-corrected chi connectivity index (χ2v) is 5.78. The predicted molar refractivity (Wildman–Crippen MR) is 86.1 cm³/mol. The number of para-hydroxylation sites is 1. The van der Waals surface area contributed by atoms with Crippen molar-refractivity contribution < 1.29 is 24.3 Å². The summed E-state index contributed by atoms with van der Waals surface area (Å²) in [5.41, 5.74) is 0.754. The third-order valence-electron chi connectivity index (χ3n) is 3.78. The quantitative estimate of drug-likeness (QED) is 0.557. The van der Waals surface area contributed by atoms with Gasteiger partial charge in [-0.15, -0.1) is 0 Å². The summed E-state index contributed by atoms with van der Waals surface area (Å²) in [5, 5.41) is 24.8. The van der Waals surface area contributed by atoms with Crippen LogP contribution in [-0.2, 0) is 23.7 Å². The molecule has 0 unspecified atom stereocenters. The van der Waals surface area contributed by atoms with Crippen molar-refractivity contribution in [3.8, 4) is 5.75 Å². The lowest BCUT2D eigenvalue weighted by atomic mass is 10.1. The van der Waals surface area contributed by atoms with Crippen molar-refractivity contribution in [3.63, 3.8) is 0 Å². The van der Waals surface area contributed by atoms with Gasteiger partial charge in [-0.1, -0.05) is 17.3 Å². The third kappa shape index (κ3) is 4.00. The van der Waals surface area contributed by atoms with Crippen LogP contribution in [0.3, 0.4) is 0 Å². The Morgan fingerprint density at radius 3 is 2.75 bits per heavy atom. The standard InChI is InChI=1S/C17H22N2O5/c1-12(2)19(3)17(21,22)15-6-4-5-7-16(15)23-11-14-10-13(8-9-20)18-24-14/h4-7,9-10,12,21-22H,8,11H2,1-3H3. The summed E-state index contributed by atoms with van der Waals surface area (Å²) < 4.78 is 10.7. The van der Waals surface area contributed by atoms with E-state index in [9.17, 15) is 15.0 Å². The van der Waals surface area contributed by atoms with Crippen molar-refractivity contribution in [2.24, 2.45) is 0 Å². The van der Waals surface area contributed by atoms with Crippen molar-refractivity contribution in [2.75, 3.05) is 7.05 Å². The molecule has 2 rings (SSSR count). The molecule has 0 saturated heterocycles. The Labute approximate surface area is 140 Å². The number of ether oxygens (including phenoxy) is 1. The number of aliphatic hydroxyl groups is 2. The van der Waals surface area contributed by atoms with Crippen LogP contribution in [0, 0.1) is 0 Å². The van der Waals surface area contributed by atoms with Crippen LogP contribution in [0.5, 0.6) is 5.75 Å². The van der Waals surface area contributed by atoms with E-state index in [4.69, 9.17) is 9.26 Å². The molecule has 0 aliphatic rings. The molecule has 130 valence electrons. The maximum absolute atomic E-state index is 10.5. The Morgan fingerprint density at radius 2 is 2.08 bits per heavy atom. The minimum Gasteiger partial charge on any atom is -0.485 e. The largest absolute Gasteiger partial charge is 0.485 e. The van der Waals surface area contributed by atoms with Gasteiger partial charge < -0.3 is 24.3 Å². The van der Waals surface area contributed by atoms with Gasteiger partial charge in [0.15, 0.2) is 5.76 Å². The van der Waals surface area contributed by atoms with Gasteiger partial charge in [-0.05, 0) is 33.0 Å². The highest BCUT2D eigenvalue weighted by molar-refractivity contribution is 5.53. The molecule has 0 bridgehead atoms. The molecule has 0 atom stereocenters. The average molecular weight is 334 g/mol. The number of aldehydes is 1. The molecule has 7 nitrogen and oxygen atoms in total. The molecule has 0 saturated carbocycles. The summed E-state index contributed by atoms with van der Waals surface area (Å²) in [4.78, 5) is 11.9. The van der Waals surface area contributed by atoms with Crippen LogP contribution in [0.2, 0.25) is 0 Å². The summed E-state index contributed by atoms with van der Waals surface area (Å²) in [7, 11) is 1.61. The van der Waals surface area contributed by atoms with Crippen LogP contribution >= 0.6 is 0 Å². The molecule has 1 aromatic carbocycles. The molecule has 0 spiro atoms. The lowest BCUT2D eigenvalue weighted by Gasteiger charge is -2.35. The molecule has 1 aromatic heterocycles. The van der Waals surface area contributed by atoms with E-state index in [-0.39, 0.29) is 24.6 Å². The highest BCUT2D eigenvalue weighted by atomic mass is 16.5. The maximum atomic E-state index is 10.5. The highest BCUT2D eigenvalue weighted by Gasteiger charge is 2.35. The second kappa shape index (κ2) is 7.57. The molecule has 0 aliphatic heterocycles. The van der Waals surface area contributed by atoms with Crippen LogP contribution in [0.25, 0.3) is 0 Å². The lowest BCUT2D eigenvalue weighted by Crippen LogP contribution is -2.47. The summed E-state index contributed by atoms with van der Waals surface area (Å²) >= 11 is 0. The first-order valence-electron chi connectivity index (χ1n) is 7.64. The number of benzene rings is 1. The van der Waals surface area contributed by atoms with Crippen LogP contribution < -0.4 is 4.74 Å². The van der Waals surface area contributed by atoms with Gasteiger partial charge in [0.2, 0.25) is 0 Å². The van der Waals surface area contributed by atoms with E-state index < -0.39 is 5.91 Å². The number of hydrogen-bond donors (Lipinski definition) is 2. The molecule has 0 fully saturated rings. The predicted octanol–water partition coefficient (Wildman–Crippen LogP) is 1.43. The van der Waals surface area contributed by atoms with E-state index in [0.717, 1.165) is 6.29 Å². The molecule has 1 heterocycles. The molecule has 2 aromatic rings. The molecule has 2 N–H and O–H groups in total. The zero-order valence-corrected chi connectivity index (χ0v) is 14.0. The first-order chi connectivity index (χ1) is 11.4. The van der Waals surface area contributed by atoms with Gasteiger partial charge in [0.05, 0.1) is 11.3 Å². The highest BCUT2D eigenvalue weighted by Crippen LogP contribution is 2.31. The number of carbonyl (C=O) groups excluding carboxylic acids is 1. The van der Waals surface area contributed by atoms with E-state index in [2.05, 4.69) is 5.16 Å². The fraction of sp³-hybridized carbons (Fsp3) is 0.412. The van der Waals surface area contributed by atoms with Gasteiger partial charge in [0.25, 0.3) is 5.91 Å². The molecular weight excluding hydrogens is 312 g/mol. The minimum absolute atomic E-state index is 0.0599. The van der Waals surface area contributed by atoms with Gasteiger partial charge in [0.1, 0.15) is 18.6 Å². The normalized spacial score (nSPS) is 12.0. The Bertz CT molecular complexity index is 681.